The van der Waals surface area contributed by atoms with Gasteiger partial charge in [-0.3, -0.25) is 4.79 Å². The van der Waals surface area contributed by atoms with Gasteiger partial charge in [-0.25, -0.2) is 4.99 Å². The lowest BCUT2D eigenvalue weighted by Gasteiger charge is -2.12. The van der Waals surface area contributed by atoms with Crippen LogP contribution in [0.4, 0.5) is 13.2 Å². The Morgan fingerprint density at radius 2 is 1.59 bits per heavy atom. The highest BCUT2D eigenvalue weighted by atomic mass is 127. The molecule has 0 aliphatic heterocycles. The highest BCUT2D eigenvalue weighted by Crippen LogP contribution is 2.22. The molecule has 0 unspecified atom stereocenters. The summed E-state index contributed by atoms with van der Waals surface area (Å²) in [6, 6.07) is 13.1. The summed E-state index contributed by atoms with van der Waals surface area (Å²) in [7, 11) is 3.42. The lowest BCUT2D eigenvalue weighted by Crippen LogP contribution is -2.38. The predicted molar refractivity (Wildman–Crippen MR) is 130 cm³/mol. The molecule has 0 fully saturated rings. The maximum absolute atomic E-state index is 12.2. The first kappa shape index (κ1) is 27.5. The van der Waals surface area contributed by atoms with E-state index in [4.69, 9.17) is 0 Å². The maximum atomic E-state index is 12.2. The van der Waals surface area contributed by atoms with Gasteiger partial charge in [0.05, 0.1) is 6.54 Å². The molecule has 6 nitrogen and oxygen atoms in total. The van der Waals surface area contributed by atoms with Crippen molar-refractivity contribution in [3.63, 3.8) is 0 Å². The van der Waals surface area contributed by atoms with Crippen molar-refractivity contribution in [2.75, 3.05) is 27.2 Å². The van der Waals surface area contributed by atoms with Gasteiger partial charge in [-0.1, -0.05) is 24.3 Å². The quantitative estimate of drug-likeness (QED) is 0.287. The number of amides is 1. The number of hydrogen-bond acceptors (Lipinski definition) is 3. The van der Waals surface area contributed by atoms with Crippen molar-refractivity contribution in [3.05, 3.63) is 65.2 Å². The fourth-order valence-corrected chi connectivity index (χ4v) is 2.71. The smallest absolute Gasteiger partial charge is 0.406 e. The second kappa shape index (κ2) is 13.1. The summed E-state index contributed by atoms with van der Waals surface area (Å²) in [5.74, 6) is 0.341. The molecule has 2 aromatic rings. The van der Waals surface area contributed by atoms with Gasteiger partial charge in [0.25, 0.3) is 5.91 Å². The number of nitrogens with zero attached hydrogens (tertiary/aromatic N) is 2. The van der Waals surface area contributed by atoms with Crippen LogP contribution in [0.2, 0.25) is 0 Å². The molecular weight excluding hydrogens is 536 g/mol. The van der Waals surface area contributed by atoms with E-state index in [1.807, 2.05) is 19.1 Å². The van der Waals surface area contributed by atoms with E-state index < -0.39 is 6.36 Å². The summed E-state index contributed by atoms with van der Waals surface area (Å²) < 4.78 is 40.5. The maximum Gasteiger partial charge on any atom is 0.573 e. The molecule has 0 saturated heterocycles. The largest absolute Gasteiger partial charge is 0.573 e. The van der Waals surface area contributed by atoms with Crippen molar-refractivity contribution in [3.8, 4) is 5.75 Å². The molecule has 0 aromatic heterocycles. The number of rotatable bonds is 8. The molecule has 2 aromatic carbocycles. The van der Waals surface area contributed by atoms with Crippen LogP contribution in [0.3, 0.4) is 0 Å². The summed E-state index contributed by atoms with van der Waals surface area (Å²) >= 11 is 0. The number of carbonyl (C=O) groups excluding carboxylic acids is 1. The van der Waals surface area contributed by atoms with Crippen molar-refractivity contribution in [1.29, 1.82) is 0 Å². The van der Waals surface area contributed by atoms with Crippen molar-refractivity contribution >= 4 is 35.8 Å². The molecular formula is C22H28F3IN4O2. The molecule has 1 amide bonds. The van der Waals surface area contributed by atoms with Crippen LogP contribution in [0, 0.1) is 0 Å². The molecule has 0 bridgehead atoms. The van der Waals surface area contributed by atoms with Crippen LogP contribution >= 0.6 is 24.0 Å². The van der Waals surface area contributed by atoms with E-state index in [0.717, 1.165) is 11.1 Å². The second-order valence-corrected chi connectivity index (χ2v) is 6.96. The third-order valence-electron chi connectivity index (χ3n) is 4.23. The zero-order chi connectivity index (χ0) is 22.9. The number of nitrogens with one attached hydrogen (secondary N) is 2. The minimum atomic E-state index is -4.69. The number of guanidine groups is 1. The van der Waals surface area contributed by atoms with E-state index >= 15 is 0 Å². The SMILES string of the molecule is CCNC(=NCc1ccc(C(=O)N(C)C)cc1)NCCc1ccc(OC(F)(F)F)cc1.I. The Bertz CT molecular complexity index is 870. The fourth-order valence-electron chi connectivity index (χ4n) is 2.71. The lowest BCUT2D eigenvalue weighted by atomic mass is 10.1. The van der Waals surface area contributed by atoms with Gasteiger partial charge in [-0.2, -0.15) is 0 Å². The minimum absolute atomic E-state index is 0. The Labute approximate surface area is 203 Å². The normalized spacial score (nSPS) is 11.4. The molecule has 2 rings (SSSR count). The Hall–Kier alpha value is -2.50. The third kappa shape index (κ3) is 9.75. The van der Waals surface area contributed by atoms with Gasteiger partial charge >= 0.3 is 6.36 Å². The number of ether oxygens (including phenoxy) is 1. The average molecular weight is 564 g/mol. The second-order valence-electron chi connectivity index (χ2n) is 6.96. The first-order chi connectivity index (χ1) is 14.7. The van der Waals surface area contributed by atoms with Crippen LogP contribution < -0.4 is 15.4 Å². The number of aliphatic imine (C=N–C) groups is 1. The zero-order valence-electron chi connectivity index (χ0n) is 18.2. The Morgan fingerprint density at radius 3 is 2.12 bits per heavy atom. The zero-order valence-corrected chi connectivity index (χ0v) is 20.5. The lowest BCUT2D eigenvalue weighted by molar-refractivity contribution is -0.274. The van der Waals surface area contributed by atoms with Crippen molar-refractivity contribution in [2.24, 2.45) is 4.99 Å². The minimum Gasteiger partial charge on any atom is -0.406 e. The molecule has 0 radical (unpaired) electrons. The van der Waals surface area contributed by atoms with Gasteiger partial charge in [-0.15, -0.1) is 37.1 Å². The van der Waals surface area contributed by atoms with Crippen LogP contribution in [0.15, 0.2) is 53.5 Å². The standard InChI is InChI=1S/C22H27F3N4O2.HI/c1-4-26-21(28-15-17-5-9-18(10-6-17)20(30)29(2)3)27-14-13-16-7-11-19(12-8-16)31-22(23,24)25;/h5-12H,4,13-15H2,1-3H3,(H2,26,27,28);1H. The Balaban J connectivity index is 0.00000512. The van der Waals surface area contributed by atoms with Crippen molar-refractivity contribution < 1.29 is 22.7 Å². The number of hydrogen-bond donors (Lipinski definition) is 2. The highest BCUT2D eigenvalue weighted by molar-refractivity contribution is 14.0. The summed E-state index contributed by atoms with van der Waals surface area (Å²) in [6.07, 6.45) is -4.08. The molecule has 0 saturated carbocycles. The van der Waals surface area contributed by atoms with E-state index in [1.165, 1.54) is 17.0 Å². The topological polar surface area (TPSA) is 66.0 Å². The molecule has 0 spiro atoms. The van der Waals surface area contributed by atoms with Gasteiger partial charge in [0.1, 0.15) is 5.75 Å². The van der Waals surface area contributed by atoms with Crippen LogP contribution in [0.5, 0.6) is 5.75 Å². The summed E-state index contributed by atoms with van der Waals surface area (Å²) in [5.41, 5.74) is 2.46. The summed E-state index contributed by atoms with van der Waals surface area (Å²) in [5, 5.41) is 6.36. The van der Waals surface area contributed by atoms with E-state index in [-0.39, 0.29) is 35.6 Å². The monoisotopic (exact) mass is 564 g/mol. The Kier molecular flexibility index (Phi) is 11.3. The Morgan fingerprint density at radius 1 is 1.00 bits per heavy atom. The van der Waals surface area contributed by atoms with Gasteiger partial charge < -0.3 is 20.3 Å². The predicted octanol–water partition coefficient (Wildman–Crippen LogP) is 4.20. The average Bonchev–Trinajstić information content (AvgIpc) is 2.72. The van der Waals surface area contributed by atoms with Crippen LogP contribution in [-0.2, 0) is 13.0 Å². The molecule has 10 heteroatoms. The van der Waals surface area contributed by atoms with Crippen LogP contribution in [-0.4, -0.2) is 50.3 Å². The van der Waals surface area contributed by atoms with E-state index in [1.54, 1.807) is 38.4 Å². The van der Waals surface area contributed by atoms with Crippen molar-refractivity contribution in [1.82, 2.24) is 15.5 Å². The number of halogens is 4. The van der Waals surface area contributed by atoms with Crippen LogP contribution in [0.25, 0.3) is 0 Å². The van der Waals surface area contributed by atoms with Gasteiger partial charge in [-0.05, 0) is 48.7 Å². The van der Waals surface area contributed by atoms with Crippen molar-refractivity contribution in [2.45, 2.75) is 26.3 Å². The molecule has 2 N–H and O–H groups in total. The first-order valence-electron chi connectivity index (χ1n) is 9.85. The van der Waals surface area contributed by atoms with E-state index in [9.17, 15) is 18.0 Å². The fraction of sp³-hybridized carbons (Fsp3) is 0.364. The molecule has 176 valence electrons. The first-order valence-corrected chi connectivity index (χ1v) is 9.85. The third-order valence-corrected chi connectivity index (χ3v) is 4.23. The van der Waals surface area contributed by atoms with Crippen LogP contribution in [0.1, 0.15) is 28.4 Å². The number of carbonyl (C=O) groups is 1. The van der Waals surface area contributed by atoms with Gasteiger partial charge in [0.2, 0.25) is 0 Å². The van der Waals surface area contributed by atoms with Gasteiger partial charge in [0, 0.05) is 32.7 Å². The molecule has 0 aliphatic rings. The molecule has 32 heavy (non-hydrogen) atoms. The summed E-state index contributed by atoms with van der Waals surface area (Å²) in [4.78, 5) is 18.0. The van der Waals surface area contributed by atoms with Gasteiger partial charge in [0.15, 0.2) is 5.96 Å². The van der Waals surface area contributed by atoms with E-state index in [2.05, 4.69) is 20.4 Å². The molecule has 0 aliphatic carbocycles. The number of benzene rings is 2. The molecule has 0 heterocycles. The highest BCUT2D eigenvalue weighted by Gasteiger charge is 2.30. The molecule has 0 atom stereocenters. The van der Waals surface area contributed by atoms with E-state index in [0.29, 0.717) is 37.6 Å². The number of alkyl halides is 3. The summed E-state index contributed by atoms with van der Waals surface area (Å²) in [6.45, 7) is 3.64.